The highest BCUT2D eigenvalue weighted by molar-refractivity contribution is 6.62. The minimum absolute atomic E-state index is 0.198. The Hall–Kier alpha value is -1.53. The molecule has 154 valence electrons. The van der Waals surface area contributed by atoms with Crippen molar-refractivity contribution in [2.24, 2.45) is 0 Å². The standard InChI is InChI=1S/C22H34BNO4/c1-20(2,3)26-19(25)24-14-12-17(13-15-24)16-8-10-18(11-9-16)23-27-21(4,5)22(6,7)28-23/h8-11,17H,12-15H2,1-7H3/i12D2,13D2,14D2,15D2,17D. The molecule has 2 aliphatic rings. The van der Waals surface area contributed by atoms with Crippen LogP contribution in [0.2, 0.25) is 0 Å². The lowest BCUT2D eigenvalue weighted by Crippen LogP contribution is -2.41. The second-order valence-electron chi connectivity index (χ2n) is 8.87. The summed E-state index contributed by atoms with van der Waals surface area (Å²) in [6, 6.07) is 5.37. The quantitative estimate of drug-likeness (QED) is 0.707. The zero-order valence-corrected chi connectivity index (χ0v) is 17.5. The molecule has 2 heterocycles. The third kappa shape index (κ3) is 4.55. The number of carbonyl (C=O) groups is 1. The van der Waals surface area contributed by atoms with Gasteiger partial charge < -0.3 is 18.9 Å². The minimum atomic E-state index is -3.48. The van der Waals surface area contributed by atoms with Crippen molar-refractivity contribution < 1.29 is 31.2 Å². The zero-order chi connectivity index (χ0) is 28.8. The normalized spacial score (nSPS) is 35.5. The number of likely N-dealkylation sites (tertiary alicyclic amines) is 1. The predicted molar refractivity (Wildman–Crippen MR) is 112 cm³/mol. The largest absolute Gasteiger partial charge is 0.494 e. The lowest BCUT2D eigenvalue weighted by molar-refractivity contribution is 0.00578. The fraction of sp³-hybridized carbons (Fsp3) is 0.682. The number of ether oxygens (including phenoxy) is 1. The first kappa shape index (κ1) is 12.2. The van der Waals surface area contributed by atoms with Crippen molar-refractivity contribution in [1.82, 2.24) is 4.90 Å². The fourth-order valence-corrected chi connectivity index (χ4v) is 2.61. The van der Waals surface area contributed by atoms with Crippen LogP contribution >= 0.6 is 0 Å². The Bertz CT molecular complexity index is 1030. The molecule has 3 rings (SSSR count). The van der Waals surface area contributed by atoms with Crippen LogP contribution in [0.5, 0.6) is 0 Å². The number of hydrogen-bond acceptors (Lipinski definition) is 4. The number of nitrogens with zero attached hydrogens (tertiary/aromatic N) is 1. The highest BCUT2D eigenvalue weighted by atomic mass is 16.7. The van der Waals surface area contributed by atoms with E-state index in [2.05, 4.69) is 0 Å². The first-order valence-electron chi connectivity index (χ1n) is 13.8. The van der Waals surface area contributed by atoms with Crippen LogP contribution in [-0.4, -0.2) is 47.9 Å². The molecule has 0 aliphatic carbocycles. The monoisotopic (exact) mass is 396 g/mol. The van der Waals surface area contributed by atoms with Gasteiger partial charge in [-0.1, -0.05) is 24.3 Å². The van der Waals surface area contributed by atoms with Gasteiger partial charge in [-0.3, -0.25) is 0 Å². The average Bonchev–Trinajstić information content (AvgIpc) is 2.91. The van der Waals surface area contributed by atoms with Crippen molar-refractivity contribution in [2.45, 2.75) is 83.9 Å². The van der Waals surface area contributed by atoms with Gasteiger partial charge in [0.2, 0.25) is 0 Å². The maximum absolute atomic E-state index is 12.9. The molecule has 2 saturated heterocycles. The van der Waals surface area contributed by atoms with Gasteiger partial charge in [0.1, 0.15) is 5.60 Å². The summed E-state index contributed by atoms with van der Waals surface area (Å²) in [5.74, 6) is -3.13. The molecule has 0 radical (unpaired) electrons. The van der Waals surface area contributed by atoms with E-state index in [9.17, 15) is 4.79 Å². The maximum atomic E-state index is 12.9. The number of hydrogen-bond donors (Lipinski definition) is 0. The van der Waals surface area contributed by atoms with Crippen molar-refractivity contribution in [3.63, 3.8) is 0 Å². The fourth-order valence-electron chi connectivity index (χ4n) is 2.61. The first-order valence-corrected chi connectivity index (χ1v) is 9.27. The summed E-state index contributed by atoms with van der Waals surface area (Å²) in [4.78, 5) is 12.7. The van der Waals surface area contributed by atoms with Gasteiger partial charge in [-0.15, -0.1) is 0 Å². The van der Waals surface area contributed by atoms with Gasteiger partial charge in [0.05, 0.1) is 11.2 Å². The van der Waals surface area contributed by atoms with E-state index in [1.165, 1.54) is 45.0 Å². The molecule has 6 heteroatoms. The Labute approximate surface area is 182 Å². The van der Waals surface area contributed by atoms with Crippen LogP contribution in [0, 0.1) is 0 Å². The molecular formula is C22H34BNO4. The van der Waals surface area contributed by atoms with E-state index in [4.69, 9.17) is 26.4 Å². The summed E-state index contributed by atoms with van der Waals surface area (Å²) < 4.78 is 94.5. The molecule has 0 unspecified atom stereocenters. The Morgan fingerprint density at radius 2 is 1.64 bits per heavy atom. The van der Waals surface area contributed by atoms with Crippen LogP contribution in [0.4, 0.5) is 4.79 Å². The average molecular weight is 396 g/mol. The second kappa shape index (κ2) is 7.38. The van der Waals surface area contributed by atoms with Crippen LogP contribution in [0.1, 0.15) is 85.0 Å². The summed E-state index contributed by atoms with van der Waals surface area (Å²) in [5.41, 5.74) is -2.28. The van der Waals surface area contributed by atoms with Crippen LogP contribution < -0.4 is 5.46 Å². The molecule has 28 heavy (non-hydrogen) atoms. The molecule has 0 saturated carbocycles. The molecule has 1 aromatic carbocycles. The molecule has 0 N–H and O–H groups in total. The molecule has 1 amide bonds. The molecule has 2 fully saturated rings. The number of carbonyl (C=O) groups excluding carboxylic acids is 1. The lowest BCUT2D eigenvalue weighted by atomic mass is 9.77. The second-order valence-corrected chi connectivity index (χ2v) is 8.87. The predicted octanol–water partition coefficient (Wildman–Crippen LogP) is 4.10. The van der Waals surface area contributed by atoms with Gasteiger partial charge >= 0.3 is 13.2 Å². The highest BCUT2D eigenvalue weighted by Crippen LogP contribution is 2.36. The van der Waals surface area contributed by atoms with E-state index in [-0.39, 0.29) is 10.5 Å². The van der Waals surface area contributed by atoms with Crippen molar-refractivity contribution >= 4 is 18.7 Å². The van der Waals surface area contributed by atoms with Gasteiger partial charge in [-0.25, -0.2) is 4.79 Å². The van der Waals surface area contributed by atoms with Crippen molar-refractivity contribution in [3.05, 3.63) is 29.8 Å². The number of piperidine rings is 1. The molecular weight excluding hydrogens is 353 g/mol. The van der Waals surface area contributed by atoms with Gasteiger partial charge in [-0.2, -0.15) is 0 Å². The molecule has 5 nitrogen and oxygen atoms in total. The Morgan fingerprint density at radius 3 is 2.11 bits per heavy atom. The third-order valence-electron chi connectivity index (χ3n) is 4.89. The molecule has 0 spiro atoms. The topological polar surface area (TPSA) is 48.0 Å². The lowest BCUT2D eigenvalue weighted by Gasteiger charge is -2.33. The summed E-state index contributed by atoms with van der Waals surface area (Å²) in [5, 5.41) is 0. The Morgan fingerprint density at radius 1 is 1.14 bits per heavy atom. The van der Waals surface area contributed by atoms with Crippen LogP contribution in [0.3, 0.4) is 0 Å². The van der Waals surface area contributed by atoms with E-state index in [1.807, 2.05) is 27.7 Å². The molecule has 2 aliphatic heterocycles. The van der Waals surface area contributed by atoms with E-state index in [0.29, 0.717) is 5.46 Å². The van der Waals surface area contributed by atoms with E-state index in [1.54, 1.807) is 0 Å². The van der Waals surface area contributed by atoms with E-state index in [0.717, 1.165) is 0 Å². The van der Waals surface area contributed by atoms with Crippen molar-refractivity contribution in [2.75, 3.05) is 13.0 Å². The van der Waals surface area contributed by atoms with Crippen LogP contribution in [0.25, 0.3) is 0 Å². The van der Waals surface area contributed by atoms with Crippen LogP contribution in [0.15, 0.2) is 24.3 Å². The van der Waals surface area contributed by atoms with Gasteiger partial charge in [0.15, 0.2) is 0 Å². The molecule has 0 bridgehead atoms. The van der Waals surface area contributed by atoms with Crippen LogP contribution in [-0.2, 0) is 14.0 Å². The smallest absolute Gasteiger partial charge is 0.444 e. The number of benzene rings is 1. The van der Waals surface area contributed by atoms with E-state index >= 15 is 0 Å². The zero-order valence-electron chi connectivity index (χ0n) is 26.5. The highest BCUT2D eigenvalue weighted by Gasteiger charge is 2.51. The van der Waals surface area contributed by atoms with Gasteiger partial charge in [0, 0.05) is 25.3 Å². The Balaban J connectivity index is 2.11. The maximum Gasteiger partial charge on any atom is 0.494 e. The van der Waals surface area contributed by atoms with Gasteiger partial charge in [-0.05, 0) is 78.1 Å². The SMILES string of the molecule is [2H]C1([2H])N(C(=O)OC(C)(C)C)C([2H])([2H])C([2H])([2H])C([2H])(c2ccc(B3OC(C)(C)C(C)(C)O3)cc2)C1([2H])[2H]. The number of amides is 1. The molecule has 0 atom stereocenters. The van der Waals surface area contributed by atoms with Crippen molar-refractivity contribution in [3.8, 4) is 0 Å². The molecule has 0 aromatic heterocycles. The first-order chi connectivity index (χ1) is 16.3. The minimum Gasteiger partial charge on any atom is -0.444 e. The summed E-state index contributed by atoms with van der Waals surface area (Å²) >= 11 is 0. The van der Waals surface area contributed by atoms with Crippen molar-refractivity contribution in [1.29, 1.82) is 0 Å². The number of rotatable bonds is 2. The summed E-state index contributed by atoms with van der Waals surface area (Å²) in [7, 11) is -0.791. The Kier molecular flexibility index (Phi) is 3.22. The summed E-state index contributed by atoms with van der Waals surface area (Å²) in [6.07, 6.45) is -8.44. The van der Waals surface area contributed by atoms with E-state index < -0.39 is 61.6 Å². The third-order valence-corrected chi connectivity index (χ3v) is 4.89. The molecule has 1 aromatic rings. The summed E-state index contributed by atoms with van der Waals surface area (Å²) in [6.45, 7) is 4.89. The van der Waals surface area contributed by atoms with Gasteiger partial charge in [0.25, 0.3) is 0 Å².